The Balaban J connectivity index is 1.29. The number of methoxy groups -OCH3 is 1. The lowest BCUT2D eigenvalue weighted by molar-refractivity contribution is -0.139. The van der Waals surface area contributed by atoms with Gasteiger partial charge in [-0.1, -0.05) is 26.0 Å². The number of rotatable bonds is 9. The zero-order valence-corrected chi connectivity index (χ0v) is 21.4. The Kier molecular flexibility index (Phi) is 7.94. The van der Waals surface area contributed by atoms with E-state index in [1.807, 2.05) is 43.0 Å². The largest absolute Gasteiger partial charge is 0.497 e. The van der Waals surface area contributed by atoms with Crippen LogP contribution in [0, 0.1) is 11.3 Å². The number of nitrogens with zero attached hydrogens (tertiary/aromatic N) is 2. The average Bonchev–Trinajstić information content (AvgIpc) is 3.48. The van der Waals surface area contributed by atoms with E-state index in [0.717, 1.165) is 63.2 Å². The Hall–Kier alpha value is -2.38. The van der Waals surface area contributed by atoms with Gasteiger partial charge in [-0.05, 0) is 78.9 Å². The molecule has 2 fully saturated rings. The van der Waals surface area contributed by atoms with Crippen LogP contribution in [0.4, 0.5) is 0 Å². The molecule has 184 valence electrons. The van der Waals surface area contributed by atoms with Crippen molar-refractivity contribution in [2.75, 3.05) is 33.3 Å². The van der Waals surface area contributed by atoms with Crippen LogP contribution in [0.5, 0.6) is 5.75 Å². The number of likely N-dealkylation sites (tertiary alicyclic amines) is 2. The number of ether oxygens (including phenoxy) is 1. The maximum atomic E-state index is 13.4. The molecule has 1 N–H and O–H groups in total. The van der Waals surface area contributed by atoms with Gasteiger partial charge in [0.15, 0.2) is 0 Å². The number of amides is 2. The van der Waals surface area contributed by atoms with Crippen LogP contribution in [-0.4, -0.2) is 54.9 Å². The molecule has 1 aromatic carbocycles. The normalized spacial score (nSPS) is 19.1. The first-order valence-electron chi connectivity index (χ1n) is 12.4. The molecule has 2 amide bonds. The second-order valence-electron chi connectivity index (χ2n) is 10.0. The van der Waals surface area contributed by atoms with E-state index in [4.69, 9.17) is 4.74 Å². The second kappa shape index (κ2) is 10.9. The van der Waals surface area contributed by atoms with Gasteiger partial charge < -0.3 is 19.9 Å². The lowest BCUT2D eigenvalue weighted by Gasteiger charge is -2.38. The van der Waals surface area contributed by atoms with E-state index in [-0.39, 0.29) is 23.3 Å². The highest BCUT2D eigenvalue weighted by atomic mass is 32.1. The fourth-order valence-corrected chi connectivity index (χ4v) is 5.82. The van der Waals surface area contributed by atoms with E-state index in [2.05, 4.69) is 27.0 Å². The third-order valence-electron chi connectivity index (χ3n) is 7.47. The second-order valence-corrected chi connectivity index (χ2v) is 10.8. The summed E-state index contributed by atoms with van der Waals surface area (Å²) in [5.41, 5.74) is 2.14. The Morgan fingerprint density at radius 2 is 1.82 bits per heavy atom. The van der Waals surface area contributed by atoms with Gasteiger partial charge in [0.2, 0.25) is 11.8 Å². The first-order valence-corrected chi connectivity index (χ1v) is 13.3. The van der Waals surface area contributed by atoms with Gasteiger partial charge in [-0.3, -0.25) is 9.59 Å². The molecule has 2 saturated heterocycles. The van der Waals surface area contributed by atoms with Crippen molar-refractivity contribution < 1.29 is 14.3 Å². The lowest BCUT2D eigenvalue weighted by atomic mass is 9.77. The quantitative estimate of drug-likeness (QED) is 0.572. The van der Waals surface area contributed by atoms with Crippen LogP contribution < -0.4 is 10.1 Å². The third-order valence-corrected chi connectivity index (χ3v) is 8.17. The van der Waals surface area contributed by atoms with Gasteiger partial charge in [0.25, 0.3) is 0 Å². The number of carbonyl (C=O) groups excluding carboxylic acids is 2. The molecule has 2 aliphatic heterocycles. The minimum atomic E-state index is -0.193. The summed E-state index contributed by atoms with van der Waals surface area (Å²) in [4.78, 5) is 30.2. The minimum Gasteiger partial charge on any atom is -0.497 e. The zero-order valence-electron chi connectivity index (χ0n) is 20.6. The number of hydrogen-bond acceptors (Lipinski definition) is 5. The molecule has 6 nitrogen and oxygen atoms in total. The summed E-state index contributed by atoms with van der Waals surface area (Å²) in [5, 5.41) is 7.42. The van der Waals surface area contributed by atoms with E-state index < -0.39 is 0 Å². The molecule has 1 unspecified atom stereocenters. The van der Waals surface area contributed by atoms with Crippen molar-refractivity contribution >= 4 is 23.2 Å². The summed E-state index contributed by atoms with van der Waals surface area (Å²) in [6.45, 7) is 8.19. The molecule has 0 aliphatic carbocycles. The predicted molar refractivity (Wildman–Crippen MR) is 136 cm³/mol. The molecule has 1 spiro atoms. The standard InChI is InChI=1S/C27H37N3O3S/c1-20(2)25(31)28-24(22-9-17-34-19-22)8-13-29-14-10-27(11-15-29)12-16-30(26(27)32)18-21-4-6-23(33-3)7-5-21/h4-7,9,17,19-20,24H,8,10-16,18H2,1-3H3,(H,28,31). The van der Waals surface area contributed by atoms with Crippen molar-refractivity contribution in [2.45, 2.75) is 52.1 Å². The molecular formula is C27H37N3O3S. The Labute approximate surface area is 207 Å². The topological polar surface area (TPSA) is 61.9 Å². The van der Waals surface area contributed by atoms with E-state index >= 15 is 0 Å². The van der Waals surface area contributed by atoms with E-state index in [1.54, 1.807) is 18.4 Å². The maximum absolute atomic E-state index is 13.4. The number of carbonyl (C=O) groups is 2. The van der Waals surface area contributed by atoms with Gasteiger partial charge in [-0.2, -0.15) is 11.3 Å². The summed E-state index contributed by atoms with van der Waals surface area (Å²) in [6.07, 6.45) is 3.69. The van der Waals surface area contributed by atoms with Crippen molar-refractivity contribution in [2.24, 2.45) is 11.3 Å². The minimum absolute atomic E-state index is 0.0229. The average molecular weight is 484 g/mol. The van der Waals surface area contributed by atoms with Crippen LogP contribution in [0.1, 0.15) is 56.7 Å². The molecule has 0 radical (unpaired) electrons. The van der Waals surface area contributed by atoms with E-state index in [1.165, 1.54) is 5.56 Å². The zero-order chi connectivity index (χ0) is 24.1. The maximum Gasteiger partial charge on any atom is 0.229 e. The van der Waals surface area contributed by atoms with Crippen LogP contribution in [0.3, 0.4) is 0 Å². The third kappa shape index (κ3) is 5.63. The number of benzene rings is 1. The van der Waals surface area contributed by atoms with Crippen molar-refractivity contribution in [1.82, 2.24) is 15.1 Å². The number of thiophene rings is 1. The molecule has 1 aromatic heterocycles. The van der Waals surface area contributed by atoms with Crippen molar-refractivity contribution in [3.8, 4) is 5.75 Å². The summed E-state index contributed by atoms with van der Waals surface area (Å²) >= 11 is 1.67. The highest BCUT2D eigenvalue weighted by molar-refractivity contribution is 7.08. The Morgan fingerprint density at radius 1 is 1.12 bits per heavy atom. The molecular weight excluding hydrogens is 446 g/mol. The van der Waals surface area contributed by atoms with E-state index in [9.17, 15) is 9.59 Å². The molecule has 4 rings (SSSR count). The molecule has 34 heavy (non-hydrogen) atoms. The summed E-state index contributed by atoms with van der Waals surface area (Å²) in [6, 6.07) is 10.2. The summed E-state index contributed by atoms with van der Waals surface area (Å²) < 4.78 is 5.24. The lowest BCUT2D eigenvalue weighted by Crippen LogP contribution is -2.45. The van der Waals surface area contributed by atoms with Crippen molar-refractivity contribution in [3.63, 3.8) is 0 Å². The van der Waals surface area contributed by atoms with Gasteiger partial charge in [-0.15, -0.1) is 0 Å². The van der Waals surface area contributed by atoms with Crippen LogP contribution in [-0.2, 0) is 16.1 Å². The summed E-state index contributed by atoms with van der Waals surface area (Å²) in [7, 11) is 1.67. The Bertz CT molecular complexity index is 950. The Morgan fingerprint density at radius 3 is 2.44 bits per heavy atom. The van der Waals surface area contributed by atoms with Gasteiger partial charge in [0.1, 0.15) is 5.75 Å². The fourth-order valence-electron chi connectivity index (χ4n) is 5.11. The van der Waals surface area contributed by atoms with Crippen LogP contribution in [0.2, 0.25) is 0 Å². The van der Waals surface area contributed by atoms with E-state index in [0.29, 0.717) is 12.5 Å². The van der Waals surface area contributed by atoms with Gasteiger partial charge >= 0.3 is 0 Å². The van der Waals surface area contributed by atoms with Crippen LogP contribution in [0.15, 0.2) is 41.1 Å². The number of nitrogens with one attached hydrogen (secondary N) is 1. The molecule has 2 aliphatic rings. The fraction of sp³-hybridized carbons (Fsp3) is 0.556. The van der Waals surface area contributed by atoms with Gasteiger partial charge in [0, 0.05) is 25.6 Å². The smallest absolute Gasteiger partial charge is 0.229 e. The molecule has 2 aromatic rings. The van der Waals surface area contributed by atoms with Crippen molar-refractivity contribution in [1.29, 1.82) is 0 Å². The SMILES string of the molecule is COc1ccc(CN2CCC3(CCN(CCC(NC(=O)C(C)C)c4ccsc4)CC3)C2=O)cc1. The predicted octanol–water partition coefficient (Wildman–Crippen LogP) is 4.47. The first kappa shape index (κ1) is 24.7. The number of piperidine rings is 1. The monoisotopic (exact) mass is 483 g/mol. The molecule has 3 heterocycles. The molecule has 0 saturated carbocycles. The first-order chi connectivity index (χ1) is 16.4. The molecule has 0 bridgehead atoms. The van der Waals surface area contributed by atoms with Crippen molar-refractivity contribution in [3.05, 3.63) is 52.2 Å². The molecule has 7 heteroatoms. The number of hydrogen-bond donors (Lipinski definition) is 1. The van der Waals surface area contributed by atoms with Gasteiger partial charge in [-0.25, -0.2) is 0 Å². The summed E-state index contributed by atoms with van der Waals surface area (Å²) in [5.74, 6) is 1.24. The molecule has 1 atom stereocenters. The van der Waals surface area contributed by atoms with Crippen LogP contribution >= 0.6 is 11.3 Å². The highest BCUT2D eigenvalue weighted by Gasteiger charge is 2.47. The highest BCUT2D eigenvalue weighted by Crippen LogP contribution is 2.42. The van der Waals surface area contributed by atoms with Gasteiger partial charge in [0.05, 0.1) is 18.6 Å². The van der Waals surface area contributed by atoms with Crippen LogP contribution in [0.25, 0.3) is 0 Å².